The Bertz CT molecular complexity index is 5310. The Balaban J connectivity index is 1.14. The van der Waals surface area contributed by atoms with Crippen LogP contribution in [0.2, 0.25) is 0 Å². The first-order valence-electron chi connectivity index (χ1n) is 44.8. The number of carboxylic acids is 2. The summed E-state index contributed by atoms with van der Waals surface area (Å²) in [6.45, 7) is 6.47. The third kappa shape index (κ3) is 29.5. The predicted octanol–water partition coefficient (Wildman–Crippen LogP) is 2.23. The van der Waals surface area contributed by atoms with Crippen molar-refractivity contribution in [3.05, 3.63) is 173 Å². The van der Waals surface area contributed by atoms with Crippen LogP contribution < -0.4 is 53.6 Å². The van der Waals surface area contributed by atoms with Gasteiger partial charge in [0, 0.05) is 95.6 Å². The summed E-state index contributed by atoms with van der Waals surface area (Å²) in [7, 11) is 3.52. The van der Waals surface area contributed by atoms with Gasteiger partial charge >= 0.3 is 11.9 Å². The summed E-state index contributed by atoms with van der Waals surface area (Å²) in [5.41, 5.74) is 7.26. The van der Waals surface area contributed by atoms with E-state index in [9.17, 15) is 62.8 Å². The van der Waals surface area contributed by atoms with Gasteiger partial charge in [0.15, 0.2) is 17.5 Å². The summed E-state index contributed by atoms with van der Waals surface area (Å²) in [6.07, 6.45) is -4.97. The standard InChI is InChI=1S/C94H118F4N16O21S/c1-9-10-21-72-93(134)114-47-59(116)43-75(114)89(130)107-68(44-79(121)122)86(127)109-81(51(4)5)94(135)112(8)74(41-54-23-28-57(95)29-24-54)88(129)103-64(32-34-78(119)120)91(132)113-35-16-22-71(113)87(128)106-67(42-56-45-100-63-20-15-14-19-60(56)63)85(126)105-66(39-53-25-30-58(115)31-26-53)84(125)104-65(36-50(2)3)83(124)108-70(82(123)101-46-76(99)117)48-136-49-77(118)102-69(40-55-37-61(96)80(98)62(97)38-55)90(131)110(6)73(92(133)111(72)7)33-27-52-17-12-11-13-18-52/h11-15,17-20,23-26,28-31,37-38,45,50-51,59,64-75,81,100,115-116H,9-10,16,21-22,27,32-36,39-44,46-49H2,1-8H3,(H2,99,117)(H,101,123)(H,102,118)(H,103,129)(H,104,125)(H,105,126)(H,106,128)(H,107,130)(H,108,124)(H,109,127)(H,119,120)(H,121,122)/t59-,64-,65-,66-,67-,68-,69-,70-,71+,72-,73-,74-,75+,81-/m0/s1. The van der Waals surface area contributed by atoms with Gasteiger partial charge in [-0.25, -0.2) is 17.6 Å². The molecule has 14 atom stereocenters. The fourth-order valence-electron chi connectivity index (χ4n) is 16.7. The van der Waals surface area contributed by atoms with Gasteiger partial charge in [0.05, 0.1) is 24.8 Å². The minimum Gasteiger partial charge on any atom is -0.508 e. The molecular formula is C94H118F4N16O21S. The zero-order valence-corrected chi connectivity index (χ0v) is 77.4. The molecule has 0 saturated carbocycles. The lowest BCUT2D eigenvalue weighted by Gasteiger charge is -2.38. The van der Waals surface area contributed by atoms with Gasteiger partial charge in [0.2, 0.25) is 88.6 Å². The summed E-state index contributed by atoms with van der Waals surface area (Å²) in [6, 6.07) is 4.28. The number of para-hydroxylation sites is 1. The number of aliphatic carboxylic acids is 2. The fraction of sp³-hybridized carbons (Fsp3) is 0.479. The molecule has 16 N–H and O–H groups in total. The number of benzene rings is 5. The number of phenolic OH excluding ortho intramolecular Hbond substituents is 1. The summed E-state index contributed by atoms with van der Waals surface area (Å²) in [5.74, 6) is -27.9. The molecule has 0 radical (unpaired) electrons. The lowest BCUT2D eigenvalue weighted by Crippen LogP contribution is -2.62. The summed E-state index contributed by atoms with van der Waals surface area (Å²) in [4.78, 5) is 258. The molecule has 3 aliphatic rings. The van der Waals surface area contributed by atoms with Crippen LogP contribution in [0.3, 0.4) is 0 Å². The lowest BCUT2D eigenvalue weighted by atomic mass is 9.98. The molecule has 3 saturated heterocycles. The number of halogens is 4. The van der Waals surface area contributed by atoms with Crippen molar-refractivity contribution < 1.29 is 119 Å². The number of hydrogen-bond acceptors (Lipinski definition) is 20. The Labute approximate surface area is 786 Å². The van der Waals surface area contributed by atoms with Crippen molar-refractivity contribution >= 4 is 123 Å². The number of aromatic nitrogens is 1. The van der Waals surface area contributed by atoms with Gasteiger partial charge < -0.3 is 103 Å². The number of fused-ring (bicyclic) bond motifs is 3. The van der Waals surface area contributed by atoms with Crippen LogP contribution in [-0.2, 0) is 114 Å². The molecule has 1 aromatic heterocycles. The van der Waals surface area contributed by atoms with Crippen LogP contribution in [0.15, 0.2) is 121 Å². The molecule has 6 aromatic rings. The number of aliphatic hydroxyl groups excluding tert-OH is 1. The molecular weight excluding hydrogens is 1800 g/mol. The van der Waals surface area contributed by atoms with Crippen molar-refractivity contribution in [1.82, 2.24) is 77.3 Å². The number of aromatic hydroxyl groups is 1. The first kappa shape index (κ1) is 106. The topological polar surface area (TPSA) is 537 Å². The number of primary amides is 1. The maximum Gasteiger partial charge on any atom is 0.305 e. The number of rotatable bonds is 25. The molecule has 37 nitrogen and oxygen atoms in total. The number of carboxylic acid groups (broad SMARTS) is 2. The van der Waals surface area contributed by atoms with Crippen molar-refractivity contribution in [2.24, 2.45) is 17.6 Å². The number of phenols is 1. The number of thioether (sulfide) groups is 1. The normalized spacial score (nSPS) is 23.9. The summed E-state index contributed by atoms with van der Waals surface area (Å²) in [5, 5.41) is 65.9. The molecule has 9 rings (SSSR count). The Morgan fingerprint density at radius 1 is 0.544 bits per heavy atom. The molecule has 0 spiro atoms. The Morgan fingerprint density at radius 3 is 1.75 bits per heavy atom. The first-order valence-corrected chi connectivity index (χ1v) is 46.0. The molecule has 5 aromatic carbocycles. The molecule has 3 fully saturated rings. The smallest absolute Gasteiger partial charge is 0.305 e. The van der Waals surface area contributed by atoms with E-state index < -0.39 is 283 Å². The molecule has 42 heteroatoms. The molecule has 0 bridgehead atoms. The second-order valence-corrected chi connectivity index (χ2v) is 36.1. The monoisotopic (exact) mass is 1910 g/mol. The average molecular weight is 1920 g/mol. The maximum absolute atomic E-state index is 15.7. The van der Waals surface area contributed by atoms with Crippen LogP contribution in [0.25, 0.3) is 10.9 Å². The van der Waals surface area contributed by atoms with Gasteiger partial charge in [0.25, 0.3) is 0 Å². The first-order chi connectivity index (χ1) is 64.5. The van der Waals surface area contributed by atoms with Crippen molar-refractivity contribution in [2.45, 2.75) is 222 Å². The zero-order valence-electron chi connectivity index (χ0n) is 76.6. The van der Waals surface area contributed by atoms with Crippen molar-refractivity contribution in [3.63, 3.8) is 0 Å². The van der Waals surface area contributed by atoms with Crippen LogP contribution in [-0.4, -0.2) is 287 Å². The summed E-state index contributed by atoms with van der Waals surface area (Å²) < 4.78 is 59.8. The number of nitrogens with zero attached hydrogens (tertiary/aromatic N) is 5. The minimum absolute atomic E-state index is 0.0352. The molecule has 136 heavy (non-hydrogen) atoms. The van der Waals surface area contributed by atoms with E-state index >= 15 is 56.7 Å². The van der Waals surface area contributed by atoms with Crippen LogP contribution in [0, 0.1) is 35.1 Å². The van der Waals surface area contributed by atoms with Crippen LogP contribution in [0.5, 0.6) is 5.75 Å². The van der Waals surface area contributed by atoms with E-state index in [0.29, 0.717) is 57.9 Å². The molecule has 0 unspecified atom stereocenters. The zero-order chi connectivity index (χ0) is 99.6. The lowest BCUT2D eigenvalue weighted by molar-refractivity contribution is -0.152. The molecule has 734 valence electrons. The highest BCUT2D eigenvalue weighted by molar-refractivity contribution is 8.00. The highest BCUT2D eigenvalue weighted by atomic mass is 32.2. The number of H-pyrrole nitrogens is 1. The number of aryl methyl sites for hydroxylation is 1. The molecule has 15 amide bonds. The number of likely N-dealkylation sites (N-methyl/N-ethyl adjacent to an activating group) is 3. The van der Waals surface area contributed by atoms with Crippen molar-refractivity contribution in [3.8, 4) is 5.75 Å². The van der Waals surface area contributed by atoms with E-state index in [0.717, 1.165) is 50.7 Å². The number of carbonyl (C=O) groups excluding carboxylic acids is 15. The Hall–Kier alpha value is -13.5. The Kier molecular flexibility index (Phi) is 38.7. The summed E-state index contributed by atoms with van der Waals surface area (Å²) >= 11 is 0.648. The number of aromatic amines is 1. The van der Waals surface area contributed by atoms with E-state index in [1.54, 1.807) is 81.6 Å². The largest absolute Gasteiger partial charge is 0.508 e. The third-order valence-corrected chi connectivity index (χ3v) is 25.1. The third-order valence-electron chi connectivity index (χ3n) is 24.0. The second kappa shape index (κ2) is 49.6. The van der Waals surface area contributed by atoms with E-state index in [2.05, 4.69) is 52.8 Å². The number of aliphatic hydroxyl groups is 1. The average Bonchev–Trinajstić information content (AvgIpc) is 1.59. The van der Waals surface area contributed by atoms with Gasteiger partial charge in [-0.2, -0.15) is 0 Å². The van der Waals surface area contributed by atoms with Crippen LogP contribution in [0.4, 0.5) is 17.6 Å². The van der Waals surface area contributed by atoms with Gasteiger partial charge in [-0.05, 0) is 127 Å². The minimum atomic E-state index is -2.09. The van der Waals surface area contributed by atoms with E-state index in [1.165, 1.54) is 57.3 Å². The Morgan fingerprint density at radius 2 is 1.11 bits per heavy atom. The molecule has 3 aliphatic heterocycles. The van der Waals surface area contributed by atoms with Crippen LogP contribution in [0.1, 0.15) is 133 Å². The molecule has 4 heterocycles. The SMILES string of the molecule is CCCC[C@H]1C(=O)N2C[C@@H](O)C[C@@H]2C(=O)N[C@@H](CC(=O)O)C(=O)N[C@@H](C(C)C)C(=O)N(C)[C@@H](Cc2ccc(F)cc2)C(=O)N[C@@H](CCC(=O)O)C(=O)N2CCC[C@@H]2C(=O)N[C@@H](Cc2c[nH]c3ccccc23)C(=O)N[C@@H](Cc2ccc(O)cc2)C(=O)N[C@@H](CC(C)C)C(=O)N[C@H](C(=O)NCC(N)=O)CSCC(=O)N[C@@H](Cc2cc(F)c(F)c(F)c2)C(=O)N(C)[C@@H](CCc2ccccc2)C(=O)N1C. The number of nitrogens with two attached hydrogens (primary N) is 1. The quantitative estimate of drug-likeness (QED) is 0.0289. The highest BCUT2D eigenvalue weighted by Crippen LogP contribution is 2.29. The highest BCUT2D eigenvalue weighted by Gasteiger charge is 2.48. The van der Waals surface area contributed by atoms with Gasteiger partial charge in [-0.3, -0.25) is 81.5 Å². The van der Waals surface area contributed by atoms with E-state index in [-0.39, 0.29) is 81.2 Å². The van der Waals surface area contributed by atoms with Gasteiger partial charge in [0.1, 0.15) is 90.1 Å². The predicted molar refractivity (Wildman–Crippen MR) is 487 cm³/mol. The van der Waals surface area contributed by atoms with E-state index in [4.69, 9.17) is 5.73 Å². The number of nitrogens with one attached hydrogen (secondary N) is 10. The number of amides is 15. The number of hydrogen-bond donors (Lipinski definition) is 15. The van der Waals surface area contributed by atoms with Gasteiger partial charge in [-0.1, -0.05) is 120 Å². The van der Waals surface area contributed by atoms with Crippen molar-refractivity contribution in [2.75, 3.05) is 52.3 Å². The van der Waals surface area contributed by atoms with Crippen LogP contribution >= 0.6 is 11.8 Å². The maximum atomic E-state index is 15.7. The molecule has 0 aliphatic carbocycles. The second-order valence-electron chi connectivity index (χ2n) is 35.1. The van der Waals surface area contributed by atoms with Crippen molar-refractivity contribution in [1.29, 1.82) is 0 Å². The number of unbranched alkanes of at least 4 members (excludes halogenated alkanes) is 1. The van der Waals surface area contributed by atoms with Gasteiger partial charge in [-0.15, -0.1) is 11.8 Å². The van der Waals surface area contributed by atoms with E-state index in [1.807, 2.05) is 0 Å². The number of carbonyl (C=O) groups is 17. The fourth-order valence-corrected chi connectivity index (χ4v) is 17.5.